The van der Waals surface area contributed by atoms with Gasteiger partial charge in [0.2, 0.25) is 0 Å². The van der Waals surface area contributed by atoms with E-state index in [4.69, 9.17) is 5.84 Å². The average molecular weight is 164 g/mol. The van der Waals surface area contributed by atoms with Crippen molar-refractivity contribution in [1.82, 2.24) is 5.01 Å². The molecule has 10 heavy (non-hydrogen) atoms. The third kappa shape index (κ3) is 5.16. The number of nitrogens with two attached hydrogens (primary N) is 1. The highest BCUT2D eigenvalue weighted by Crippen LogP contribution is 2.09. The number of nitrogens with zero attached hydrogens (tertiary/aromatic N) is 1. The van der Waals surface area contributed by atoms with Gasteiger partial charge in [-0.25, -0.2) is 5.01 Å². The largest absolute Gasteiger partial charge is 0.269 e. The third-order valence-electron chi connectivity index (χ3n) is 1.46. The van der Waals surface area contributed by atoms with Crippen molar-refractivity contribution in [2.75, 3.05) is 13.1 Å². The van der Waals surface area contributed by atoms with Crippen LogP contribution in [0.25, 0.3) is 0 Å². The molecule has 0 amide bonds. The van der Waals surface area contributed by atoms with Crippen molar-refractivity contribution in [3.8, 4) is 0 Å². The van der Waals surface area contributed by atoms with Gasteiger partial charge >= 0.3 is 0 Å². The predicted molar refractivity (Wildman–Crippen MR) is 52.0 cm³/mol. The zero-order valence-corrected chi connectivity index (χ0v) is 8.84. The van der Waals surface area contributed by atoms with Gasteiger partial charge in [-0.05, 0) is 12.3 Å². The highest BCUT2D eigenvalue weighted by Gasteiger charge is 2.13. The van der Waals surface area contributed by atoms with E-state index in [-0.39, 0.29) is 9.90 Å². The maximum Gasteiger partial charge on any atom is 0.0154 e. The molecule has 0 saturated carbocycles. The quantitative estimate of drug-likeness (QED) is 0.432. The molecule has 3 heteroatoms. The van der Waals surface area contributed by atoms with Gasteiger partial charge in [-0.2, -0.15) is 9.90 Å². The Morgan fingerprint density at radius 2 is 1.90 bits per heavy atom. The van der Waals surface area contributed by atoms with Gasteiger partial charge < -0.3 is 0 Å². The van der Waals surface area contributed by atoms with Gasteiger partial charge in [0.05, 0.1) is 0 Å². The lowest BCUT2D eigenvalue weighted by Gasteiger charge is -2.03. The monoisotopic (exact) mass is 164 g/mol. The van der Waals surface area contributed by atoms with Crippen molar-refractivity contribution >= 4 is 9.90 Å². The minimum Gasteiger partial charge on any atom is -0.269 e. The topological polar surface area (TPSA) is 29.3 Å². The Kier molecular flexibility index (Phi) is 9.68. The molecule has 1 aliphatic heterocycles. The fraction of sp³-hybridized carbons (Fsp3) is 1.00. The summed E-state index contributed by atoms with van der Waals surface area (Å²) >= 11 is 0. The predicted octanol–water partition coefficient (Wildman–Crippen LogP) is 1.29. The first-order valence-electron chi connectivity index (χ1n) is 3.78. The molecule has 0 spiro atoms. The van der Waals surface area contributed by atoms with Crippen LogP contribution in [0.4, 0.5) is 0 Å². The first-order valence-corrected chi connectivity index (χ1v) is 3.78. The summed E-state index contributed by atoms with van der Waals surface area (Å²) in [6.45, 7) is 8.40. The Morgan fingerprint density at radius 3 is 2.00 bits per heavy atom. The van der Waals surface area contributed by atoms with Crippen LogP contribution in [0.2, 0.25) is 0 Å². The molecule has 0 bridgehead atoms. The van der Waals surface area contributed by atoms with Crippen molar-refractivity contribution in [2.24, 2.45) is 11.8 Å². The van der Waals surface area contributed by atoms with Gasteiger partial charge in [0.15, 0.2) is 0 Å². The molecule has 1 aliphatic rings. The van der Waals surface area contributed by atoms with E-state index in [1.807, 2.05) is 18.9 Å². The van der Waals surface area contributed by atoms with Crippen LogP contribution in [0.1, 0.15) is 27.2 Å². The number of hydrogen-bond donors (Lipinski definition) is 1. The summed E-state index contributed by atoms with van der Waals surface area (Å²) in [4.78, 5) is 0. The molecule has 0 radical (unpaired) electrons. The van der Waals surface area contributed by atoms with Crippen molar-refractivity contribution < 1.29 is 0 Å². The molecule has 0 aliphatic carbocycles. The van der Waals surface area contributed by atoms with Crippen LogP contribution >= 0.6 is 9.90 Å². The first-order chi connectivity index (χ1) is 4.29. The summed E-state index contributed by atoms with van der Waals surface area (Å²) < 4.78 is 0. The van der Waals surface area contributed by atoms with Gasteiger partial charge in [0.25, 0.3) is 0 Å². The Labute approximate surface area is 67.7 Å². The maximum atomic E-state index is 5.46. The van der Waals surface area contributed by atoms with E-state index in [0.29, 0.717) is 0 Å². The lowest BCUT2D eigenvalue weighted by Crippen LogP contribution is -2.27. The Bertz CT molecular complexity index is 60.6. The third-order valence-corrected chi connectivity index (χ3v) is 1.46. The zero-order chi connectivity index (χ0) is 7.28. The van der Waals surface area contributed by atoms with E-state index in [9.17, 15) is 0 Å². The summed E-state index contributed by atoms with van der Waals surface area (Å²) in [7, 11) is 0. The summed E-state index contributed by atoms with van der Waals surface area (Å²) in [5, 5.41) is 1.88. The average Bonchev–Trinajstić information content (AvgIpc) is 2.20. The van der Waals surface area contributed by atoms with Crippen LogP contribution in [0.5, 0.6) is 0 Å². The van der Waals surface area contributed by atoms with Gasteiger partial charge in [-0.1, -0.05) is 20.8 Å². The van der Waals surface area contributed by atoms with Gasteiger partial charge in [-0.15, -0.1) is 0 Å². The van der Waals surface area contributed by atoms with E-state index in [1.165, 1.54) is 6.42 Å². The van der Waals surface area contributed by atoms with Crippen LogP contribution in [0.15, 0.2) is 0 Å². The van der Waals surface area contributed by atoms with E-state index < -0.39 is 0 Å². The minimum atomic E-state index is 0. The van der Waals surface area contributed by atoms with Crippen molar-refractivity contribution in [1.29, 1.82) is 0 Å². The molecule has 2 unspecified atom stereocenters. The van der Waals surface area contributed by atoms with Crippen molar-refractivity contribution in [2.45, 2.75) is 27.2 Å². The molecule has 2 N–H and O–H groups in total. The standard InChI is InChI=1S/C5H12N2.C2H6.H3P/c1-5-2-3-7(6)4-5;1-2;/h5H,2-4,6H2,1H3;1-2H3;1H3. The molecule has 1 rings (SSSR count). The SMILES string of the molecule is CC.CC1CCN(N)C1.P. The van der Waals surface area contributed by atoms with Crippen LogP contribution < -0.4 is 5.84 Å². The summed E-state index contributed by atoms with van der Waals surface area (Å²) in [6, 6.07) is 0. The number of hydrazine groups is 1. The zero-order valence-electron chi connectivity index (χ0n) is 7.43. The highest BCUT2D eigenvalue weighted by atomic mass is 31.0. The van der Waals surface area contributed by atoms with Gasteiger partial charge in [0.1, 0.15) is 0 Å². The fourth-order valence-electron chi connectivity index (χ4n) is 0.969. The van der Waals surface area contributed by atoms with E-state index in [0.717, 1.165) is 19.0 Å². The molecular weight excluding hydrogens is 143 g/mol. The normalized spacial score (nSPS) is 24.6. The Morgan fingerprint density at radius 1 is 1.40 bits per heavy atom. The van der Waals surface area contributed by atoms with Crippen LogP contribution in [-0.4, -0.2) is 18.1 Å². The second-order valence-electron chi connectivity index (χ2n) is 2.39. The van der Waals surface area contributed by atoms with Crippen LogP contribution in [-0.2, 0) is 0 Å². The fourth-order valence-corrected chi connectivity index (χ4v) is 0.969. The summed E-state index contributed by atoms with van der Waals surface area (Å²) in [5.74, 6) is 6.28. The molecular formula is C7H21N2P. The molecule has 2 atom stereocenters. The Hall–Kier alpha value is 0.350. The molecule has 1 saturated heterocycles. The molecule has 0 aromatic rings. The molecule has 1 heterocycles. The molecule has 0 aromatic carbocycles. The van der Waals surface area contributed by atoms with Gasteiger partial charge in [-0.3, -0.25) is 5.84 Å². The Balaban J connectivity index is 0. The van der Waals surface area contributed by atoms with Crippen LogP contribution in [0.3, 0.4) is 0 Å². The lowest BCUT2D eigenvalue weighted by molar-refractivity contribution is 0.342. The summed E-state index contributed by atoms with van der Waals surface area (Å²) in [5.41, 5.74) is 0. The minimum absolute atomic E-state index is 0. The maximum absolute atomic E-state index is 5.46. The molecule has 64 valence electrons. The second kappa shape index (κ2) is 7.46. The molecule has 1 fully saturated rings. The summed E-state index contributed by atoms with van der Waals surface area (Å²) in [6.07, 6.45) is 1.27. The number of hydrogen-bond acceptors (Lipinski definition) is 2. The smallest absolute Gasteiger partial charge is 0.0154 e. The van der Waals surface area contributed by atoms with Crippen molar-refractivity contribution in [3.05, 3.63) is 0 Å². The van der Waals surface area contributed by atoms with E-state index in [1.54, 1.807) is 0 Å². The molecule has 0 aromatic heterocycles. The van der Waals surface area contributed by atoms with E-state index >= 15 is 0 Å². The number of rotatable bonds is 0. The second-order valence-corrected chi connectivity index (χ2v) is 2.39. The highest BCUT2D eigenvalue weighted by molar-refractivity contribution is 6.92. The van der Waals surface area contributed by atoms with Gasteiger partial charge in [0, 0.05) is 13.1 Å². The lowest BCUT2D eigenvalue weighted by atomic mass is 10.2. The first kappa shape index (κ1) is 13.0. The van der Waals surface area contributed by atoms with E-state index in [2.05, 4.69) is 6.92 Å². The van der Waals surface area contributed by atoms with Crippen molar-refractivity contribution in [3.63, 3.8) is 0 Å². The molecule has 2 nitrogen and oxygen atoms in total. The van der Waals surface area contributed by atoms with Crippen LogP contribution in [0, 0.1) is 5.92 Å².